The fraction of sp³-hybridized carbons (Fsp3) is 0.125. The van der Waals surface area contributed by atoms with Gasteiger partial charge in [0.25, 0.3) is 0 Å². The number of aryl methyl sites for hydroxylation is 1. The maximum absolute atomic E-state index is 10.9. The number of nitrogen functional groups attached to an aromatic ring is 1. The van der Waals surface area contributed by atoms with Gasteiger partial charge in [0.15, 0.2) is 0 Å². The predicted molar refractivity (Wildman–Crippen MR) is 90.3 cm³/mol. The molecule has 0 fully saturated rings. The van der Waals surface area contributed by atoms with Gasteiger partial charge in [-0.1, -0.05) is 53.6 Å². The molecule has 0 atom stereocenters. The Bertz CT molecular complexity index is 723. The number of hydrogen-bond acceptors (Lipinski definition) is 3. The van der Waals surface area contributed by atoms with Crippen molar-refractivity contribution in [3.63, 3.8) is 0 Å². The van der Waals surface area contributed by atoms with Gasteiger partial charge in [-0.15, -0.1) is 0 Å². The Balaban J connectivity index is 0.00000242. The molecule has 0 saturated heterocycles. The van der Waals surface area contributed by atoms with Crippen LogP contribution in [0.4, 0.5) is 5.69 Å². The zero-order chi connectivity index (χ0) is 15.6. The Hall–Kier alpha value is -0.910. The molecule has 0 radical (unpaired) electrons. The zero-order valence-electron chi connectivity index (χ0n) is 13.4. The first kappa shape index (κ1) is 19.1. The summed E-state index contributed by atoms with van der Waals surface area (Å²) in [6.45, 7) is 1.99. The summed E-state index contributed by atoms with van der Waals surface area (Å²) in [4.78, 5) is 11.5. The van der Waals surface area contributed by atoms with E-state index >= 15 is 0 Å². The van der Waals surface area contributed by atoms with E-state index in [4.69, 9.17) is 34.7 Å². The maximum atomic E-state index is 10.9. The van der Waals surface area contributed by atoms with Crippen molar-refractivity contribution in [2.24, 2.45) is 0 Å². The molecule has 22 heavy (non-hydrogen) atoms. The van der Waals surface area contributed by atoms with Crippen molar-refractivity contribution >= 4 is 40.3 Å². The van der Waals surface area contributed by atoms with Crippen LogP contribution >= 0.6 is 23.8 Å². The largest absolute Gasteiger partial charge is 1.00 e. The first-order chi connectivity index (χ1) is 9.90. The van der Waals surface area contributed by atoms with Gasteiger partial charge in [0.05, 0.1) is 11.3 Å². The first-order valence-corrected chi connectivity index (χ1v) is 7.08. The number of anilines is 1. The van der Waals surface area contributed by atoms with Crippen LogP contribution in [0.25, 0.3) is 0 Å². The molecule has 0 heterocycles. The second kappa shape index (κ2) is 8.09. The molecule has 0 aliphatic rings. The molecule has 0 aliphatic heterocycles. The third-order valence-corrected chi connectivity index (χ3v) is 4.00. The molecule has 0 bridgehead atoms. The fourth-order valence-electron chi connectivity index (χ4n) is 2.03. The molecule has 0 aromatic heterocycles. The van der Waals surface area contributed by atoms with Crippen LogP contribution < -0.4 is 35.3 Å². The van der Waals surface area contributed by atoms with Crippen LogP contribution in [0.5, 0.6) is 0 Å². The summed E-state index contributed by atoms with van der Waals surface area (Å²) in [5.41, 5.74) is 9.43. The van der Waals surface area contributed by atoms with Gasteiger partial charge in [-0.3, -0.25) is 4.79 Å². The smallest absolute Gasteiger partial charge is 1.00 e. The summed E-state index contributed by atoms with van der Waals surface area (Å²) >= 11 is 11.5. The molecule has 3 N–H and O–H groups in total. The zero-order valence-corrected chi connectivity index (χ0v) is 16.0. The van der Waals surface area contributed by atoms with Crippen molar-refractivity contribution in [3.8, 4) is 0 Å². The Morgan fingerprint density at radius 1 is 1.27 bits per heavy atom. The fourth-order valence-corrected chi connectivity index (χ4v) is 2.57. The number of rotatable bonds is 4. The van der Waals surface area contributed by atoms with Crippen LogP contribution in [0, 0.1) is 6.92 Å². The molecule has 0 spiro atoms. The van der Waals surface area contributed by atoms with Gasteiger partial charge < -0.3 is 12.3 Å². The first-order valence-electron chi connectivity index (χ1n) is 6.30. The third-order valence-electron chi connectivity index (χ3n) is 3.19. The molecule has 0 unspecified atom stereocenters. The van der Waals surface area contributed by atoms with Gasteiger partial charge in [0.2, 0.25) is 0 Å². The molecule has 0 amide bonds. The van der Waals surface area contributed by atoms with Crippen LogP contribution in [0.2, 0.25) is 5.02 Å². The summed E-state index contributed by atoms with van der Waals surface area (Å²) in [5, 5.41) is 9.28. The van der Waals surface area contributed by atoms with E-state index < -0.39 is 5.97 Å². The summed E-state index contributed by atoms with van der Waals surface area (Å²) in [6, 6.07) is 11.1. The summed E-state index contributed by atoms with van der Waals surface area (Å²) < 4.78 is 0. The van der Waals surface area contributed by atoms with Gasteiger partial charge in [0, 0.05) is 21.8 Å². The average molecular weight is 344 g/mol. The molecule has 0 saturated carbocycles. The summed E-state index contributed by atoms with van der Waals surface area (Å²) in [6.07, 6.45) is -0.227. The number of carboxylic acid groups (broad SMARTS) is 1. The van der Waals surface area contributed by atoms with Crippen LogP contribution in [0.15, 0.2) is 36.4 Å². The van der Waals surface area contributed by atoms with E-state index in [0.29, 0.717) is 26.7 Å². The molecule has 2 rings (SSSR count). The Morgan fingerprint density at radius 3 is 2.41 bits per heavy atom. The molecule has 6 heteroatoms. The number of carboxylic acids is 1. The number of hydrogen-bond donors (Lipinski definition) is 2. The van der Waals surface area contributed by atoms with E-state index in [2.05, 4.69) is 0 Å². The van der Waals surface area contributed by atoms with E-state index in [1.807, 2.05) is 31.2 Å². The predicted octanol–water partition coefficient (Wildman–Crippen LogP) is 0.741. The van der Waals surface area contributed by atoms with Crippen molar-refractivity contribution in [2.45, 2.75) is 13.3 Å². The Labute approximate surface area is 163 Å². The number of benzene rings is 2. The minimum absolute atomic E-state index is 0. The van der Waals surface area contributed by atoms with Crippen molar-refractivity contribution in [1.29, 1.82) is 0 Å². The van der Waals surface area contributed by atoms with Crippen molar-refractivity contribution < 1.29 is 40.9 Å². The van der Waals surface area contributed by atoms with Crippen LogP contribution in [-0.4, -0.2) is 15.9 Å². The molecule has 0 aliphatic carbocycles. The van der Waals surface area contributed by atoms with Crippen molar-refractivity contribution in [3.05, 3.63) is 63.7 Å². The van der Waals surface area contributed by atoms with Gasteiger partial charge in [-0.05, 0) is 24.6 Å². The monoisotopic (exact) mass is 343 g/mol. The Morgan fingerprint density at radius 2 is 1.86 bits per heavy atom. The van der Waals surface area contributed by atoms with E-state index in [9.17, 15) is 4.79 Å². The van der Waals surface area contributed by atoms with E-state index in [0.717, 1.165) is 11.1 Å². The van der Waals surface area contributed by atoms with Crippen LogP contribution in [-0.2, 0) is 11.2 Å². The molecular formula is C16H15ClNNaO2S. The number of aliphatic carboxylic acids is 1. The topological polar surface area (TPSA) is 63.3 Å². The van der Waals surface area contributed by atoms with E-state index in [1.165, 1.54) is 0 Å². The molecule has 3 nitrogen and oxygen atoms in total. The maximum Gasteiger partial charge on any atom is 1.00 e. The minimum atomic E-state index is -0.984. The van der Waals surface area contributed by atoms with Crippen LogP contribution in [0.3, 0.4) is 0 Å². The average Bonchev–Trinajstić information content (AvgIpc) is 2.43. The van der Waals surface area contributed by atoms with Crippen LogP contribution in [0.1, 0.15) is 23.7 Å². The van der Waals surface area contributed by atoms with E-state index in [1.54, 1.807) is 12.1 Å². The molecular weight excluding hydrogens is 329 g/mol. The second-order valence-electron chi connectivity index (χ2n) is 4.75. The van der Waals surface area contributed by atoms with E-state index in [-0.39, 0.29) is 37.4 Å². The minimum Gasteiger partial charge on any atom is -1.00 e. The molecule has 2 aromatic rings. The molecule has 2 aromatic carbocycles. The number of nitrogens with two attached hydrogens (primary N) is 1. The van der Waals surface area contributed by atoms with Crippen molar-refractivity contribution in [2.75, 3.05) is 5.73 Å². The quantitative estimate of drug-likeness (QED) is 0.372. The Kier molecular flexibility index (Phi) is 7.03. The second-order valence-corrected chi connectivity index (χ2v) is 5.57. The summed E-state index contributed by atoms with van der Waals surface area (Å²) in [7, 11) is 0. The molecule has 110 valence electrons. The third kappa shape index (κ3) is 4.31. The number of carbonyl (C=O) groups is 1. The SMILES string of the molecule is Cc1ccc(C(=S)c2ccc(Cl)c(CC(=O)O)c2N)cc1.[H-].[Na+]. The number of halogens is 1. The normalized spacial score (nSPS) is 9.91. The van der Waals surface area contributed by atoms with Gasteiger partial charge in [-0.2, -0.15) is 0 Å². The van der Waals surface area contributed by atoms with Gasteiger partial charge in [0.1, 0.15) is 0 Å². The van der Waals surface area contributed by atoms with Crippen molar-refractivity contribution in [1.82, 2.24) is 0 Å². The standard InChI is InChI=1S/C16H14ClNO2S.Na.H/c1-9-2-4-10(5-3-9)16(21)11-6-7-13(17)12(15(11)18)8-14(19)20;;/h2-7H,8,18H2,1H3,(H,19,20);;/q;+1;-1. The van der Waals surface area contributed by atoms with Gasteiger partial charge in [-0.25, -0.2) is 0 Å². The number of thiocarbonyl (C=S) groups is 1. The van der Waals surface area contributed by atoms with Gasteiger partial charge >= 0.3 is 35.5 Å². The summed E-state index contributed by atoms with van der Waals surface area (Å²) in [5.74, 6) is -0.984.